The zero-order valence-electron chi connectivity index (χ0n) is 11.9. The molecule has 0 bridgehead atoms. The van der Waals surface area contributed by atoms with E-state index in [0.29, 0.717) is 31.0 Å². The molecule has 0 aromatic carbocycles. The van der Waals surface area contributed by atoms with Crippen molar-refractivity contribution in [1.29, 1.82) is 0 Å². The van der Waals surface area contributed by atoms with Crippen molar-refractivity contribution in [2.24, 2.45) is 0 Å². The quantitative estimate of drug-likeness (QED) is 0.778. The van der Waals surface area contributed by atoms with Gasteiger partial charge in [0, 0.05) is 32.6 Å². The molecular formula is C12H19N7O. The van der Waals surface area contributed by atoms with E-state index in [1.165, 1.54) is 0 Å². The molecule has 0 spiro atoms. The highest BCUT2D eigenvalue weighted by atomic mass is 16.5. The summed E-state index contributed by atoms with van der Waals surface area (Å²) in [6.45, 7) is 5.26. The number of ether oxygens (including phenoxy) is 1. The zero-order chi connectivity index (χ0) is 14.4. The molecule has 0 aliphatic rings. The highest BCUT2D eigenvalue weighted by Crippen LogP contribution is 2.08. The molecule has 1 unspecified atom stereocenters. The number of rotatable bonds is 7. The van der Waals surface area contributed by atoms with Crippen molar-refractivity contribution in [3.05, 3.63) is 18.5 Å². The fraction of sp³-hybridized carbons (Fsp3) is 0.500. The van der Waals surface area contributed by atoms with E-state index in [0.717, 1.165) is 0 Å². The van der Waals surface area contributed by atoms with Gasteiger partial charge in [0.25, 0.3) is 5.95 Å². The lowest BCUT2D eigenvalue weighted by atomic mass is 10.4. The minimum atomic E-state index is 0.0861. The second-order valence-electron chi connectivity index (χ2n) is 4.13. The average Bonchev–Trinajstić information content (AvgIpc) is 2.99. The fourth-order valence-corrected chi connectivity index (χ4v) is 1.62. The van der Waals surface area contributed by atoms with Crippen LogP contribution < -0.4 is 10.6 Å². The highest BCUT2D eigenvalue weighted by molar-refractivity contribution is 5.37. The Balaban J connectivity index is 2.14. The van der Waals surface area contributed by atoms with Crippen LogP contribution in [0.15, 0.2) is 18.5 Å². The van der Waals surface area contributed by atoms with Gasteiger partial charge in [-0.3, -0.25) is 0 Å². The van der Waals surface area contributed by atoms with Gasteiger partial charge in [0.05, 0.1) is 6.10 Å². The third-order valence-corrected chi connectivity index (χ3v) is 2.56. The van der Waals surface area contributed by atoms with Gasteiger partial charge in [-0.05, 0) is 19.9 Å². The van der Waals surface area contributed by atoms with E-state index in [9.17, 15) is 0 Å². The third kappa shape index (κ3) is 3.64. The maximum absolute atomic E-state index is 5.46. The van der Waals surface area contributed by atoms with Crippen LogP contribution in [0.5, 0.6) is 0 Å². The van der Waals surface area contributed by atoms with Crippen LogP contribution in [0.25, 0.3) is 5.95 Å². The maximum Gasteiger partial charge on any atom is 0.257 e. The lowest BCUT2D eigenvalue weighted by Crippen LogP contribution is -2.21. The number of aromatic nitrogens is 5. The maximum atomic E-state index is 5.46. The summed E-state index contributed by atoms with van der Waals surface area (Å²) in [7, 11) is 1.76. The minimum Gasteiger partial charge on any atom is -0.377 e. The van der Waals surface area contributed by atoms with E-state index in [1.54, 1.807) is 24.1 Å². The number of nitrogens with one attached hydrogen (secondary N) is 2. The average molecular weight is 277 g/mol. The van der Waals surface area contributed by atoms with Crippen LogP contribution in [-0.2, 0) is 4.74 Å². The summed E-state index contributed by atoms with van der Waals surface area (Å²) in [5.74, 6) is 1.43. The zero-order valence-corrected chi connectivity index (χ0v) is 11.9. The first-order chi connectivity index (χ1) is 9.72. The second kappa shape index (κ2) is 6.80. The van der Waals surface area contributed by atoms with E-state index in [2.05, 4.69) is 30.7 Å². The molecule has 20 heavy (non-hydrogen) atoms. The van der Waals surface area contributed by atoms with Crippen molar-refractivity contribution in [1.82, 2.24) is 24.7 Å². The number of hydrogen-bond acceptors (Lipinski definition) is 7. The van der Waals surface area contributed by atoms with E-state index >= 15 is 0 Å². The van der Waals surface area contributed by atoms with Gasteiger partial charge >= 0.3 is 0 Å². The normalized spacial score (nSPS) is 12.2. The molecular weight excluding hydrogens is 258 g/mol. The molecule has 0 saturated carbocycles. The molecule has 8 heteroatoms. The predicted octanol–water partition coefficient (Wildman–Crippen LogP) is 0.936. The topological polar surface area (TPSA) is 89.8 Å². The molecule has 0 radical (unpaired) electrons. The van der Waals surface area contributed by atoms with E-state index in [1.807, 2.05) is 19.9 Å². The van der Waals surface area contributed by atoms with Crippen LogP contribution in [0, 0.1) is 0 Å². The van der Waals surface area contributed by atoms with Crippen LogP contribution in [0.1, 0.15) is 13.8 Å². The van der Waals surface area contributed by atoms with Gasteiger partial charge in [-0.25, -0.2) is 4.68 Å². The van der Waals surface area contributed by atoms with E-state index in [-0.39, 0.29) is 6.10 Å². The molecule has 2 N–H and O–H groups in total. The van der Waals surface area contributed by atoms with Crippen LogP contribution >= 0.6 is 0 Å². The largest absolute Gasteiger partial charge is 0.377 e. The van der Waals surface area contributed by atoms with Crippen LogP contribution in [0.2, 0.25) is 0 Å². The van der Waals surface area contributed by atoms with Gasteiger partial charge in [-0.2, -0.15) is 20.1 Å². The van der Waals surface area contributed by atoms with Crippen molar-refractivity contribution in [2.45, 2.75) is 20.0 Å². The van der Waals surface area contributed by atoms with Gasteiger partial charge in [-0.1, -0.05) is 0 Å². The minimum absolute atomic E-state index is 0.0861. The first-order valence-electron chi connectivity index (χ1n) is 6.52. The number of hydrogen-bond donors (Lipinski definition) is 2. The lowest BCUT2D eigenvalue weighted by Gasteiger charge is -2.13. The summed E-state index contributed by atoms with van der Waals surface area (Å²) in [5.41, 5.74) is 0. The van der Waals surface area contributed by atoms with Crippen LogP contribution in [0.4, 0.5) is 11.9 Å². The van der Waals surface area contributed by atoms with Crippen LogP contribution in [0.3, 0.4) is 0 Å². The van der Waals surface area contributed by atoms with Gasteiger partial charge in [0.15, 0.2) is 0 Å². The van der Waals surface area contributed by atoms with Crippen molar-refractivity contribution < 1.29 is 4.74 Å². The lowest BCUT2D eigenvalue weighted by molar-refractivity contribution is 0.0854. The SMILES string of the molecule is CCOC(C)CNc1nc(NC)nc(-n2cccn2)n1. The van der Waals surface area contributed by atoms with Crippen molar-refractivity contribution in [3.63, 3.8) is 0 Å². The molecule has 1 atom stereocenters. The Kier molecular flexibility index (Phi) is 4.83. The second-order valence-corrected chi connectivity index (χ2v) is 4.13. The van der Waals surface area contributed by atoms with Crippen molar-refractivity contribution in [2.75, 3.05) is 30.8 Å². The highest BCUT2D eigenvalue weighted by Gasteiger charge is 2.08. The Bertz CT molecular complexity index is 529. The van der Waals surface area contributed by atoms with Gasteiger partial charge in [-0.15, -0.1) is 0 Å². The van der Waals surface area contributed by atoms with Gasteiger partial charge < -0.3 is 15.4 Å². The summed E-state index contributed by atoms with van der Waals surface area (Å²) in [6.07, 6.45) is 3.54. The smallest absolute Gasteiger partial charge is 0.257 e. The molecule has 8 nitrogen and oxygen atoms in total. The van der Waals surface area contributed by atoms with Gasteiger partial charge in [0.2, 0.25) is 11.9 Å². The summed E-state index contributed by atoms with van der Waals surface area (Å²) in [5, 5.41) is 10.2. The Hall–Kier alpha value is -2.22. The number of nitrogens with zero attached hydrogens (tertiary/aromatic N) is 5. The Morgan fingerprint density at radius 2 is 2.10 bits per heavy atom. The molecule has 2 heterocycles. The first kappa shape index (κ1) is 14.2. The summed E-state index contributed by atoms with van der Waals surface area (Å²) >= 11 is 0. The van der Waals surface area contributed by atoms with Crippen molar-refractivity contribution >= 4 is 11.9 Å². The van der Waals surface area contributed by atoms with E-state index in [4.69, 9.17) is 4.74 Å². The molecule has 0 saturated heterocycles. The Morgan fingerprint density at radius 1 is 1.30 bits per heavy atom. The summed E-state index contributed by atoms with van der Waals surface area (Å²) in [4.78, 5) is 12.8. The van der Waals surface area contributed by atoms with Gasteiger partial charge in [0.1, 0.15) is 0 Å². The molecule has 0 aliphatic carbocycles. The molecule has 0 fully saturated rings. The standard InChI is InChI=1S/C12H19N7O/c1-4-20-9(2)8-14-11-16-10(13-3)17-12(18-11)19-7-5-6-15-19/h5-7,9H,4,8H2,1-3H3,(H2,13,14,16,17,18). The molecule has 0 amide bonds. The van der Waals surface area contributed by atoms with Crippen LogP contribution in [-0.4, -0.2) is 51.0 Å². The predicted molar refractivity (Wildman–Crippen MR) is 76.1 cm³/mol. The fourth-order valence-electron chi connectivity index (χ4n) is 1.62. The van der Waals surface area contributed by atoms with E-state index < -0.39 is 0 Å². The molecule has 108 valence electrons. The first-order valence-corrected chi connectivity index (χ1v) is 6.52. The van der Waals surface area contributed by atoms with Crippen molar-refractivity contribution in [3.8, 4) is 5.95 Å². The summed E-state index contributed by atoms with van der Waals surface area (Å²) < 4.78 is 7.04. The molecule has 2 aromatic rings. The summed E-state index contributed by atoms with van der Waals surface area (Å²) in [6, 6.07) is 1.81. The Labute approximate surface area is 117 Å². The molecule has 0 aliphatic heterocycles. The molecule has 2 rings (SSSR count). The number of anilines is 2. The third-order valence-electron chi connectivity index (χ3n) is 2.56. The monoisotopic (exact) mass is 277 g/mol. The molecule has 2 aromatic heterocycles. The Morgan fingerprint density at radius 3 is 2.75 bits per heavy atom.